The molecule has 1 aliphatic carbocycles. The molecule has 2 aromatic carbocycles. The first-order valence-corrected chi connectivity index (χ1v) is 8.50. The summed E-state index contributed by atoms with van der Waals surface area (Å²) in [5.41, 5.74) is 5.58. The normalized spacial score (nSPS) is 14.1. The second-order valence-corrected chi connectivity index (χ2v) is 6.27. The minimum absolute atomic E-state index is 0.00273. The van der Waals surface area contributed by atoms with E-state index in [0.717, 1.165) is 29.5 Å². The van der Waals surface area contributed by atoms with E-state index in [9.17, 15) is 4.79 Å². The molecule has 2 aromatic rings. The fraction of sp³-hybridized carbons (Fsp3) is 0.238. The maximum absolute atomic E-state index is 11.8. The van der Waals surface area contributed by atoms with Crippen LogP contribution in [-0.4, -0.2) is 19.2 Å². The Morgan fingerprint density at radius 1 is 1.23 bits per heavy atom. The van der Waals surface area contributed by atoms with Gasteiger partial charge in [0.2, 0.25) is 5.91 Å². The summed E-state index contributed by atoms with van der Waals surface area (Å²) >= 11 is 0. The van der Waals surface area contributed by atoms with Crippen LogP contribution in [0.15, 0.2) is 65.8 Å². The maximum atomic E-state index is 11.8. The van der Waals surface area contributed by atoms with Gasteiger partial charge in [0.1, 0.15) is 6.61 Å². The van der Waals surface area contributed by atoms with Crippen LogP contribution in [0, 0.1) is 5.92 Å². The maximum Gasteiger partial charge on any atom is 0.243 e. The van der Waals surface area contributed by atoms with Gasteiger partial charge in [0.05, 0.1) is 13.3 Å². The zero-order valence-corrected chi connectivity index (χ0v) is 14.8. The highest BCUT2D eigenvalue weighted by Crippen LogP contribution is 2.31. The third-order valence-electron chi connectivity index (χ3n) is 4.25. The molecule has 0 spiro atoms. The highest BCUT2D eigenvalue weighted by molar-refractivity contribution is 5.84. The molecule has 1 fully saturated rings. The van der Waals surface area contributed by atoms with Crippen LogP contribution in [-0.2, 0) is 11.4 Å². The van der Waals surface area contributed by atoms with Crippen molar-refractivity contribution in [2.75, 3.05) is 7.11 Å². The van der Waals surface area contributed by atoms with Gasteiger partial charge in [-0.3, -0.25) is 4.79 Å². The fourth-order valence-electron chi connectivity index (χ4n) is 2.70. The van der Waals surface area contributed by atoms with Crippen molar-refractivity contribution in [3.05, 3.63) is 71.8 Å². The van der Waals surface area contributed by atoms with Gasteiger partial charge in [-0.1, -0.05) is 42.5 Å². The van der Waals surface area contributed by atoms with Crippen molar-refractivity contribution >= 4 is 12.1 Å². The van der Waals surface area contributed by atoms with E-state index in [2.05, 4.69) is 17.1 Å². The average molecular weight is 350 g/mol. The first-order valence-electron chi connectivity index (χ1n) is 8.50. The second-order valence-electron chi connectivity index (χ2n) is 6.27. The molecule has 0 radical (unpaired) electrons. The number of allylic oxidation sites excluding steroid dienone is 1. The Balaban J connectivity index is 1.58. The van der Waals surface area contributed by atoms with Crippen molar-refractivity contribution in [2.24, 2.45) is 11.0 Å². The number of benzene rings is 2. The number of carbonyl (C=O) groups is 1. The highest BCUT2D eigenvalue weighted by Gasteiger charge is 2.28. The van der Waals surface area contributed by atoms with E-state index in [1.54, 1.807) is 13.3 Å². The zero-order valence-electron chi connectivity index (χ0n) is 14.8. The molecule has 3 rings (SSSR count). The number of nitrogens with zero attached hydrogens (tertiary/aromatic N) is 1. The van der Waals surface area contributed by atoms with E-state index in [4.69, 9.17) is 9.47 Å². The lowest BCUT2D eigenvalue weighted by atomic mass is 9.81. The van der Waals surface area contributed by atoms with Crippen LogP contribution in [0.5, 0.6) is 11.5 Å². The molecule has 0 bridgehead atoms. The van der Waals surface area contributed by atoms with Gasteiger partial charge in [-0.15, -0.1) is 0 Å². The van der Waals surface area contributed by atoms with Crippen LogP contribution in [0.3, 0.4) is 0 Å². The lowest BCUT2D eigenvalue weighted by molar-refractivity contribution is -0.126. The summed E-state index contributed by atoms with van der Waals surface area (Å²) < 4.78 is 11.2. The molecule has 0 aromatic heterocycles. The molecule has 0 heterocycles. The Kier molecular flexibility index (Phi) is 5.69. The third kappa shape index (κ3) is 4.51. The van der Waals surface area contributed by atoms with Crippen molar-refractivity contribution in [3.8, 4) is 11.5 Å². The molecule has 0 unspecified atom stereocenters. The van der Waals surface area contributed by atoms with E-state index in [1.165, 1.54) is 0 Å². The van der Waals surface area contributed by atoms with Gasteiger partial charge in [0, 0.05) is 5.92 Å². The SMILES string of the molecule is C=C1CC(C(=O)N/N=C\c2ccc(OCc3ccccc3)c(OC)c2)C1. The van der Waals surface area contributed by atoms with Gasteiger partial charge in [0.25, 0.3) is 0 Å². The Labute approximate surface area is 153 Å². The molecular weight excluding hydrogens is 328 g/mol. The van der Waals surface area contributed by atoms with E-state index in [-0.39, 0.29) is 11.8 Å². The third-order valence-corrected chi connectivity index (χ3v) is 4.25. The summed E-state index contributed by atoms with van der Waals surface area (Å²) in [6.07, 6.45) is 3.10. The Hall–Kier alpha value is -3.08. The molecule has 0 saturated heterocycles. The summed E-state index contributed by atoms with van der Waals surface area (Å²) in [4.78, 5) is 11.8. The van der Waals surface area contributed by atoms with Crippen LogP contribution in [0.25, 0.3) is 0 Å². The Morgan fingerprint density at radius 3 is 2.69 bits per heavy atom. The van der Waals surface area contributed by atoms with Crippen LogP contribution < -0.4 is 14.9 Å². The first-order chi connectivity index (χ1) is 12.7. The second kappa shape index (κ2) is 8.34. The molecule has 1 amide bonds. The minimum atomic E-state index is -0.0663. The molecule has 5 heteroatoms. The smallest absolute Gasteiger partial charge is 0.243 e. The molecule has 1 N–H and O–H groups in total. The summed E-state index contributed by atoms with van der Waals surface area (Å²) in [5.74, 6) is 1.21. The topological polar surface area (TPSA) is 59.9 Å². The van der Waals surface area contributed by atoms with E-state index < -0.39 is 0 Å². The number of rotatable bonds is 7. The molecular formula is C21H22N2O3. The van der Waals surface area contributed by atoms with Crippen molar-refractivity contribution < 1.29 is 14.3 Å². The zero-order chi connectivity index (χ0) is 18.4. The summed E-state index contributed by atoms with van der Waals surface area (Å²) in [7, 11) is 1.59. The van der Waals surface area contributed by atoms with Crippen LogP contribution >= 0.6 is 0 Å². The van der Waals surface area contributed by atoms with E-state index in [0.29, 0.717) is 18.1 Å². The number of hydrogen-bond donors (Lipinski definition) is 1. The van der Waals surface area contributed by atoms with Crippen LogP contribution in [0.4, 0.5) is 0 Å². The van der Waals surface area contributed by atoms with Crippen molar-refractivity contribution in [1.29, 1.82) is 0 Å². The lowest BCUT2D eigenvalue weighted by Crippen LogP contribution is -2.32. The summed E-state index contributed by atoms with van der Waals surface area (Å²) in [6.45, 7) is 4.30. The fourth-order valence-corrected chi connectivity index (χ4v) is 2.70. The first kappa shape index (κ1) is 17.7. The van der Waals surface area contributed by atoms with E-state index in [1.807, 2.05) is 48.5 Å². The molecule has 0 aliphatic heterocycles. The number of ether oxygens (including phenoxy) is 2. The van der Waals surface area contributed by atoms with Gasteiger partial charge in [-0.05, 0) is 42.2 Å². The molecule has 134 valence electrons. The van der Waals surface area contributed by atoms with Crippen LogP contribution in [0.1, 0.15) is 24.0 Å². The van der Waals surface area contributed by atoms with Gasteiger partial charge in [-0.2, -0.15) is 5.10 Å². The Morgan fingerprint density at radius 2 is 2.00 bits per heavy atom. The number of methoxy groups -OCH3 is 1. The van der Waals surface area contributed by atoms with Gasteiger partial charge < -0.3 is 9.47 Å². The number of hydrazone groups is 1. The quantitative estimate of drug-likeness (QED) is 0.471. The predicted octanol–water partition coefficient (Wildman–Crippen LogP) is 3.69. The van der Waals surface area contributed by atoms with Gasteiger partial charge >= 0.3 is 0 Å². The largest absolute Gasteiger partial charge is 0.493 e. The summed E-state index contributed by atoms with van der Waals surface area (Å²) in [6, 6.07) is 15.5. The molecule has 5 nitrogen and oxygen atoms in total. The number of amides is 1. The lowest BCUT2D eigenvalue weighted by Gasteiger charge is -2.25. The van der Waals surface area contributed by atoms with Crippen molar-refractivity contribution in [1.82, 2.24) is 5.43 Å². The molecule has 1 saturated carbocycles. The predicted molar refractivity (Wildman–Crippen MR) is 101 cm³/mol. The highest BCUT2D eigenvalue weighted by atomic mass is 16.5. The molecule has 26 heavy (non-hydrogen) atoms. The average Bonchev–Trinajstić information content (AvgIpc) is 2.65. The molecule has 1 aliphatic rings. The molecule has 0 atom stereocenters. The van der Waals surface area contributed by atoms with Crippen LogP contribution in [0.2, 0.25) is 0 Å². The van der Waals surface area contributed by atoms with Crippen molar-refractivity contribution in [2.45, 2.75) is 19.4 Å². The van der Waals surface area contributed by atoms with Gasteiger partial charge in [0.15, 0.2) is 11.5 Å². The Bertz CT molecular complexity index is 807. The number of nitrogens with one attached hydrogen (secondary N) is 1. The van der Waals surface area contributed by atoms with Gasteiger partial charge in [-0.25, -0.2) is 5.43 Å². The van der Waals surface area contributed by atoms with E-state index >= 15 is 0 Å². The minimum Gasteiger partial charge on any atom is -0.493 e. The number of carbonyl (C=O) groups excluding carboxylic acids is 1. The standard InChI is InChI=1S/C21H22N2O3/c1-15-10-18(11-15)21(24)23-22-13-17-8-9-19(20(12-17)25-2)26-14-16-6-4-3-5-7-16/h3-9,12-13,18H,1,10-11,14H2,2H3,(H,23,24)/b22-13-. The van der Waals surface area contributed by atoms with Crippen molar-refractivity contribution in [3.63, 3.8) is 0 Å². The monoisotopic (exact) mass is 350 g/mol. The number of hydrogen-bond acceptors (Lipinski definition) is 4. The summed E-state index contributed by atoms with van der Waals surface area (Å²) in [5, 5.41) is 4.02.